The molecular weight excluding hydrogens is 1550 g/mol. The van der Waals surface area contributed by atoms with Crippen LogP contribution in [0.25, 0.3) is 35.7 Å². The Morgan fingerprint density at radius 2 is 0.820 bits per heavy atom. The zero-order valence-corrected chi connectivity index (χ0v) is 65.1. The number of nitrogens with zero attached hydrogens (tertiary/aromatic N) is 9. The monoisotopic (exact) mass is 1630 g/mol. The largest absolute Gasteiger partial charge is 0.477 e. The second kappa shape index (κ2) is 31.3. The second-order valence-electron chi connectivity index (χ2n) is 29.5. The van der Waals surface area contributed by atoms with Gasteiger partial charge >= 0.3 is 12.2 Å². The molecule has 0 spiro atoms. The number of nitrogens with one attached hydrogen (secondary N) is 2. The Balaban J connectivity index is 0.000000178. The average molecular weight is 1630 g/mol. The van der Waals surface area contributed by atoms with Gasteiger partial charge in [-0.1, -0.05) is 29.8 Å². The molecule has 6 aliphatic rings. The minimum Gasteiger partial charge on any atom is -0.477 e. The van der Waals surface area contributed by atoms with Gasteiger partial charge in [-0.25, -0.2) is 104 Å². The number of carbonyl (C=O) groups excluding carboxylic acids is 2. The van der Waals surface area contributed by atoms with Gasteiger partial charge in [0.25, 0.3) is 0 Å². The lowest BCUT2D eigenvalue weighted by molar-refractivity contribution is 0.0548. The molecule has 2 amide bonds. The number of alkyl halides is 3. The average Bonchev–Trinajstić information content (AvgIpc) is 1.57. The third kappa shape index (κ3) is 15.8. The SMILES string of the molecule is CC(C)(C)OC(=O)NC1=N[C@](C)(c2cc(/C=C(\F)c3cnc(Cl)cn3)ccc2F)[C@@H]2CC[C@@]1(CF)S2(=O)=O.CCOc1cnc(/C(F)=C/c2ccc(F)c([C@@]3(C)N=C(N)[C@@]4(CF)CC[C@@H]3S4(=O)=O)c2)cn1.CCOc1cnc(/C(F)=C/c2ccc(F)c([C@@]3(C)N=C(NC(=O)OC(C)(C)C)[C@@]4(CF)CC[C@@H]3S4(=O)=O)c2)cn1. The van der Waals surface area contributed by atoms with E-state index in [1.807, 2.05) is 0 Å². The molecule has 3 aromatic carbocycles. The maximum atomic E-state index is 15.3. The van der Waals surface area contributed by atoms with Crippen molar-refractivity contribution in [2.75, 3.05) is 33.2 Å². The number of amides is 2. The molecule has 9 atom stereocenters. The number of fused-ring (bicyclic) bond motifs is 6. The minimum absolute atomic E-state index is 0.0202. The van der Waals surface area contributed by atoms with Crippen molar-refractivity contribution in [2.24, 2.45) is 20.7 Å². The van der Waals surface area contributed by atoms with Crippen LogP contribution < -0.4 is 25.8 Å². The number of aromatic nitrogens is 6. The summed E-state index contributed by atoms with van der Waals surface area (Å²) in [5, 5.41) is 1.01. The predicted octanol–water partition coefficient (Wildman–Crippen LogP) is 13.4. The van der Waals surface area contributed by atoms with Gasteiger partial charge in [0.2, 0.25) is 11.8 Å². The summed E-state index contributed by atoms with van der Waals surface area (Å²) >= 11 is 5.69. The van der Waals surface area contributed by atoms with Crippen LogP contribution in [0.4, 0.5) is 49.1 Å². The molecule has 4 N–H and O–H groups in total. The summed E-state index contributed by atoms with van der Waals surface area (Å²) in [6, 6.07) is 11.1. The van der Waals surface area contributed by atoms with E-state index in [4.69, 9.17) is 36.3 Å². The van der Waals surface area contributed by atoms with Crippen molar-refractivity contribution in [3.05, 3.63) is 165 Å². The molecule has 6 aromatic rings. The molecule has 24 nitrogen and oxygen atoms in total. The highest BCUT2D eigenvalue weighted by Crippen LogP contribution is 2.56. The number of benzene rings is 3. The molecule has 596 valence electrons. The molecule has 3 aromatic heterocycles. The highest BCUT2D eigenvalue weighted by molar-refractivity contribution is 7.95. The third-order valence-corrected chi connectivity index (χ3v) is 29.3. The van der Waals surface area contributed by atoms with Crippen LogP contribution in [0, 0.1) is 17.5 Å². The molecule has 0 saturated carbocycles. The number of ether oxygens (including phenoxy) is 4. The number of carbonyl (C=O) groups is 2. The van der Waals surface area contributed by atoms with Crippen molar-refractivity contribution >= 4 is 107 Å². The standard InChI is InChI=1S/C27H31F3N4O5S.C25H26ClF3N4O4S.C22H23F3N4O3S/c1-6-38-22-14-31-20(13-32-22)19(30)12-16-7-8-18(29)17(11-16)26(5)21-9-10-27(15-28,40(21,36)37)23(34-26)33-24(35)39-25(2,3)4;1-23(2,3)37-22(34)32-21-25(13-27)8-7-19(38(25,35)36)24(4,33-21)15-9-14(5-6-16(15)28)10-17(29)18-11-31-20(26)12-30-18;1-3-32-19-11-27-17(10-28-19)16(25)9-13-4-5-15(24)14(8-13)21(2)18-6-7-22(12-23,20(26)29-21)33(18,30)31/h7-8,11-14,21H,6,9-10,15H2,1-5H3,(H,33,34,35);5-6,9-12,19H,7-8,13H2,1-4H3,(H,32,33,34);4-5,8-11,18H,3,6-7,12H2,1-2H3,(H2,26,29)/b19-12-;17-10-;16-9-/t21-,26+,27-;19-,24+,25-;18-,21+,22-/m000/s1. The van der Waals surface area contributed by atoms with E-state index in [1.54, 1.807) is 55.4 Å². The molecule has 6 aliphatic heterocycles. The number of hydrogen-bond acceptors (Lipinski definition) is 22. The highest BCUT2D eigenvalue weighted by Gasteiger charge is 2.69. The van der Waals surface area contributed by atoms with E-state index >= 15 is 13.2 Å². The second-order valence-corrected chi connectivity index (χ2v) is 37.2. The first-order chi connectivity index (χ1) is 51.9. The van der Waals surface area contributed by atoms with Gasteiger partial charge in [0.15, 0.2) is 61.2 Å². The van der Waals surface area contributed by atoms with Crippen molar-refractivity contribution in [1.82, 2.24) is 40.5 Å². The van der Waals surface area contributed by atoms with Crippen molar-refractivity contribution in [2.45, 2.75) is 172 Å². The van der Waals surface area contributed by atoms with Crippen LogP contribution >= 0.6 is 11.6 Å². The van der Waals surface area contributed by atoms with Crippen molar-refractivity contribution in [3.8, 4) is 11.8 Å². The van der Waals surface area contributed by atoms with Crippen LogP contribution in [0.2, 0.25) is 5.15 Å². The minimum atomic E-state index is -4.30. The Morgan fingerprint density at radius 3 is 1.12 bits per heavy atom. The summed E-state index contributed by atoms with van der Waals surface area (Å²) in [5.74, 6) is -5.40. The fourth-order valence-electron chi connectivity index (χ4n) is 14.5. The molecule has 0 radical (unpaired) electrons. The van der Waals surface area contributed by atoms with E-state index in [-0.39, 0.29) is 112 Å². The van der Waals surface area contributed by atoms with Gasteiger partial charge in [0, 0.05) is 16.7 Å². The predicted molar refractivity (Wildman–Crippen MR) is 399 cm³/mol. The topological polar surface area (TPSA) is 338 Å². The Kier molecular flexibility index (Phi) is 23.7. The normalized spacial score (nSPS) is 26.8. The lowest BCUT2D eigenvalue weighted by Crippen LogP contribution is -2.61. The van der Waals surface area contributed by atoms with Crippen LogP contribution in [0.3, 0.4) is 0 Å². The zero-order valence-electron chi connectivity index (χ0n) is 61.9. The molecule has 0 aliphatic carbocycles. The number of halogens is 10. The highest BCUT2D eigenvalue weighted by atomic mass is 35.5. The summed E-state index contributed by atoms with van der Waals surface area (Å²) < 4.78 is 229. The van der Waals surface area contributed by atoms with Crippen LogP contribution in [-0.2, 0) is 55.6 Å². The summed E-state index contributed by atoms with van der Waals surface area (Å²) in [4.78, 5) is 61.8. The number of nitrogens with two attached hydrogens (primary N) is 1. The Bertz CT molecular complexity index is 5180. The smallest absolute Gasteiger partial charge is 0.413 e. The Hall–Kier alpha value is -9.42. The molecule has 3 fully saturated rings. The molecule has 0 unspecified atom stereocenters. The molecule has 9 heterocycles. The van der Waals surface area contributed by atoms with Crippen LogP contribution in [0.5, 0.6) is 11.8 Å². The van der Waals surface area contributed by atoms with Crippen LogP contribution in [-0.4, -0.2) is 159 Å². The fraction of sp³-hybridized carbons (Fsp3) is 0.446. The quantitative estimate of drug-likeness (QED) is 0.0758. The third-order valence-electron chi connectivity index (χ3n) is 20.0. The van der Waals surface area contributed by atoms with E-state index in [9.17, 15) is 61.2 Å². The summed E-state index contributed by atoms with van der Waals surface area (Å²) in [6.45, 7) is 14.4. The number of rotatable bonds is 16. The molecule has 12 rings (SSSR count). The van der Waals surface area contributed by atoms with E-state index < -0.39 is 166 Å². The van der Waals surface area contributed by atoms with Gasteiger partial charge in [0.05, 0.1) is 66.1 Å². The Labute approximate surface area is 640 Å². The Morgan fingerprint density at radius 1 is 0.505 bits per heavy atom. The molecule has 37 heteroatoms. The zero-order chi connectivity index (χ0) is 81.6. The summed E-state index contributed by atoms with van der Waals surface area (Å²) in [5.41, 5.74) is -1.01. The lowest BCUT2D eigenvalue weighted by Gasteiger charge is -2.40. The van der Waals surface area contributed by atoms with Crippen molar-refractivity contribution < 1.29 is 93.3 Å². The van der Waals surface area contributed by atoms with Gasteiger partial charge < -0.3 is 24.7 Å². The van der Waals surface area contributed by atoms with E-state index in [1.165, 1.54) is 88.2 Å². The van der Waals surface area contributed by atoms with Gasteiger partial charge in [-0.2, -0.15) is 0 Å². The molecular formula is C74H80ClF9N12O12S3. The lowest BCUT2D eigenvalue weighted by atomic mass is 9.86. The van der Waals surface area contributed by atoms with Crippen LogP contribution in [0.1, 0.15) is 165 Å². The number of hydrogen-bond donors (Lipinski definition) is 3. The van der Waals surface area contributed by atoms with Gasteiger partial charge in [0.1, 0.15) is 105 Å². The number of aliphatic imine (C=N–C) groups is 3. The summed E-state index contributed by atoms with van der Waals surface area (Å²) in [7, 11) is -12.7. The maximum Gasteiger partial charge on any atom is 0.413 e. The number of sulfone groups is 3. The van der Waals surface area contributed by atoms with E-state index in [0.29, 0.717) is 13.2 Å². The summed E-state index contributed by atoms with van der Waals surface area (Å²) in [6.07, 6.45) is 8.18. The number of alkyl carbamates (subject to hydrolysis) is 2. The first-order valence-electron chi connectivity index (χ1n) is 34.7. The number of amidine groups is 3. The molecule has 3 saturated heterocycles. The van der Waals surface area contributed by atoms with Crippen LogP contribution in [0.15, 0.2) is 107 Å². The van der Waals surface area contributed by atoms with Gasteiger partial charge in [-0.05, 0) is 186 Å². The van der Waals surface area contributed by atoms with Crippen molar-refractivity contribution in [3.63, 3.8) is 0 Å². The van der Waals surface area contributed by atoms with Crippen molar-refractivity contribution in [1.29, 1.82) is 0 Å². The molecule has 6 bridgehead atoms. The first kappa shape index (κ1) is 84.0. The fourth-order valence-corrected chi connectivity index (χ4v) is 22.6. The van der Waals surface area contributed by atoms with E-state index in [2.05, 4.69) is 55.5 Å². The maximum absolute atomic E-state index is 15.3. The molecule has 111 heavy (non-hydrogen) atoms. The van der Waals surface area contributed by atoms with E-state index in [0.717, 1.165) is 42.6 Å². The first-order valence-corrected chi connectivity index (χ1v) is 39.7. The van der Waals surface area contributed by atoms with Gasteiger partial charge in [-0.3, -0.25) is 25.6 Å². The van der Waals surface area contributed by atoms with Gasteiger partial charge in [-0.15, -0.1) is 0 Å².